The summed E-state index contributed by atoms with van der Waals surface area (Å²) in [5, 5.41) is -6.23. The van der Waals surface area contributed by atoms with Gasteiger partial charge in [0, 0.05) is 4.90 Å². The zero-order valence-corrected chi connectivity index (χ0v) is 17.2. The van der Waals surface area contributed by atoms with E-state index in [1.165, 1.54) is 31.4 Å². The SMILES string of the molecule is COc1ccc(-c2ccc(SC(F)(F)C(F)(F)C(F)(F)C(F)(F)C(F)(F)C(F)(F)F)cc2)cc1. The summed E-state index contributed by atoms with van der Waals surface area (Å²) in [5.41, 5.74) is 0.777. The molecule has 0 atom stereocenters. The first-order valence-electron chi connectivity index (χ1n) is 8.62. The quantitative estimate of drug-likeness (QED) is 0.250. The maximum atomic E-state index is 14.0. The molecule has 190 valence electrons. The molecule has 0 aliphatic carbocycles. The molecule has 0 saturated heterocycles. The van der Waals surface area contributed by atoms with E-state index in [1.54, 1.807) is 0 Å². The van der Waals surface area contributed by atoms with Gasteiger partial charge in [0.25, 0.3) is 0 Å². The summed E-state index contributed by atoms with van der Waals surface area (Å²) >= 11 is -1.42. The molecule has 0 saturated carbocycles. The summed E-state index contributed by atoms with van der Waals surface area (Å²) in [5.74, 6) is -30.3. The molecular formula is C19H11F13OS. The lowest BCUT2D eigenvalue weighted by Gasteiger charge is -2.39. The molecule has 0 aliphatic rings. The maximum absolute atomic E-state index is 14.0. The Morgan fingerprint density at radius 1 is 0.529 bits per heavy atom. The molecule has 2 aromatic carbocycles. The first kappa shape index (κ1) is 27.9. The van der Waals surface area contributed by atoms with Crippen LogP contribution in [0, 0.1) is 0 Å². The number of hydrogen-bond donors (Lipinski definition) is 0. The van der Waals surface area contributed by atoms with Crippen LogP contribution in [0.3, 0.4) is 0 Å². The molecule has 0 amide bonds. The standard InChI is InChI=1S/C19H11F13OS/c1-33-12-6-2-10(3-7-12)11-4-8-13(9-5-11)34-19(31,32)17(26,27)15(22,23)14(20,21)16(24,25)18(28,29)30/h2-9H,1H3. The second-order valence-electron chi connectivity index (χ2n) is 6.67. The highest BCUT2D eigenvalue weighted by Crippen LogP contribution is 2.62. The number of hydrogen-bond acceptors (Lipinski definition) is 2. The third-order valence-corrected chi connectivity index (χ3v) is 5.45. The Balaban J connectivity index is 2.34. The normalized spacial score (nSPS) is 14.3. The van der Waals surface area contributed by atoms with Crippen molar-refractivity contribution < 1.29 is 61.8 Å². The fraction of sp³-hybridized carbons (Fsp3) is 0.368. The summed E-state index contributed by atoms with van der Waals surface area (Å²) in [6, 6.07) is 9.55. The van der Waals surface area contributed by atoms with Crippen LogP contribution < -0.4 is 4.74 Å². The molecule has 0 bridgehead atoms. The largest absolute Gasteiger partial charge is 0.497 e. The molecule has 2 aromatic rings. The Morgan fingerprint density at radius 2 is 0.912 bits per heavy atom. The summed E-state index contributed by atoms with van der Waals surface area (Å²) in [4.78, 5) is -0.899. The fourth-order valence-electron chi connectivity index (χ4n) is 2.47. The van der Waals surface area contributed by atoms with Gasteiger partial charge in [-0.15, -0.1) is 0 Å². The molecule has 2 rings (SSSR count). The number of methoxy groups -OCH3 is 1. The van der Waals surface area contributed by atoms with Gasteiger partial charge in [0.05, 0.1) is 7.11 Å². The van der Waals surface area contributed by atoms with Gasteiger partial charge in [-0.1, -0.05) is 24.3 Å². The van der Waals surface area contributed by atoms with E-state index in [9.17, 15) is 57.1 Å². The third kappa shape index (κ3) is 4.50. The van der Waals surface area contributed by atoms with Crippen LogP contribution in [0.1, 0.15) is 0 Å². The molecule has 0 heterocycles. The van der Waals surface area contributed by atoms with Gasteiger partial charge in [-0.3, -0.25) is 0 Å². The molecule has 0 N–H and O–H groups in total. The Hall–Kier alpha value is -2.32. The van der Waals surface area contributed by atoms with E-state index in [1.807, 2.05) is 0 Å². The third-order valence-electron chi connectivity index (χ3n) is 4.43. The minimum atomic E-state index is -7.91. The lowest BCUT2D eigenvalue weighted by molar-refractivity contribution is -0.433. The number of thioether (sulfide) groups is 1. The number of halogens is 13. The second-order valence-corrected chi connectivity index (χ2v) is 7.86. The van der Waals surface area contributed by atoms with Gasteiger partial charge < -0.3 is 4.74 Å². The van der Waals surface area contributed by atoms with Crippen molar-refractivity contribution in [2.24, 2.45) is 0 Å². The van der Waals surface area contributed by atoms with Crippen LogP contribution in [0.2, 0.25) is 0 Å². The van der Waals surface area contributed by atoms with E-state index in [-0.39, 0.29) is 0 Å². The molecule has 0 aliphatic heterocycles. The summed E-state index contributed by atoms with van der Waals surface area (Å²) in [6.45, 7) is 0. The minimum absolute atomic E-state index is 0.309. The minimum Gasteiger partial charge on any atom is -0.497 e. The van der Waals surface area contributed by atoms with E-state index in [0.717, 1.165) is 12.1 Å². The molecule has 15 heteroatoms. The van der Waals surface area contributed by atoms with Gasteiger partial charge in [0.2, 0.25) is 0 Å². The molecule has 0 unspecified atom stereocenters. The Labute approximate surface area is 186 Å². The lowest BCUT2D eigenvalue weighted by atomic mass is 9.98. The predicted octanol–water partition coefficient (Wildman–Crippen LogP) is 8.15. The summed E-state index contributed by atoms with van der Waals surface area (Å²) < 4.78 is 176. The average molecular weight is 534 g/mol. The summed E-state index contributed by atoms with van der Waals surface area (Å²) in [7, 11) is 1.38. The maximum Gasteiger partial charge on any atom is 0.460 e. The van der Waals surface area contributed by atoms with Crippen molar-refractivity contribution in [3.63, 3.8) is 0 Å². The van der Waals surface area contributed by atoms with Gasteiger partial charge in [0.1, 0.15) is 5.75 Å². The van der Waals surface area contributed by atoms with Crippen molar-refractivity contribution in [2.45, 2.75) is 40.0 Å². The van der Waals surface area contributed by atoms with Crippen LogP contribution in [0.15, 0.2) is 53.4 Å². The van der Waals surface area contributed by atoms with E-state index >= 15 is 0 Å². The van der Waals surface area contributed by atoms with Gasteiger partial charge in [-0.25, -0.2) is 0 Å². The molecular weight excluding hydrogens is 523 g/mol. The first-order chi connectivity index (χ1) is 15.2. The number of benzene rings is 2. The molecule has 1 nitrogen and oxygen atoms in total. The van der Waals surface area contributed by atoms with Crippen LogP contribution >= 0.6 is 11.8 Å². The Bertz CT molecular complexity index is 983. The molecule has 0 radical (unpaired) electrons. The fourth-order valence-corrected chi connectivity index (χ4v) is 3.29. The monoisotopic (exact) mass is 534 g/mol. The highest BCUT2D eigenvalue weighted by Gasteiger charge is 2.90. The van der Waals surface area contributed by atoms with E-state index < -0.39 is 51.8 Å². The van der Waals surface area contributed by atoms with E-state index in [2.05, 4.69) is 0 Å². The topological polar surface area (TPSA) is 9.23 Å². The van der Waals surface area contributed by atoms with Crippen molar-refractivity contribution in [3.05, 3.63) is 48.5 Å². The molecule has 0 spiro atoms. The van der Waals surface area contributed by atoms with E-state index in [4.69, 9.17) is 4.74 Å². The van der Waals surface area contributed by atoms with Crippen LogP contribution in [0.4, 0.5) is 57.1 Å². The van der Waals surface area contributed by atoms with Crippen molar-refractivity contribution in [1.82, 2.24) is 0 Å². The smallest absolute Gasteiger partial charge is 0.460 e. The molecule has 34 heavy (non-hydrogen) atoms. The highest BCUT2D eigenvalue weighted by molar-refractivity contribution is 8.00. The average Bonchev–Trinajstić information content (AvgIpc) is 2.72. The number of alkyl halides is 13. The van der Waals surface area contributed by atoms with Crippen molar-refractivity contribution in [1.29, 1.82) is 0 Å². The van der Waals surface area contributed by atoms with Crippen LogP contribution in [-0.4, -0.2) is 42.2 Å². The lowest BCUT2D eigenvalue weighted by Crippen LogP contribution is -2.69. The number of ether oxygens (including phenoxy) is 1. The van der Waals surface area contributed by atoms with Crippen molar-refractivity contribution >= 4 is 11.8 Å². The van der Waals surface area contributed by atoms with Crippen LogP contribution in [0.5, 0.6) is 5.75 Å². The van der Waals surface area contributed by atoms with Gasteiger partial charge in [-0.2, -0.15) is 57.1 Å². The zero-order chi connectivity index (χ0) is 26.4. The number of rotatable bonds is 8. The predicted molar refractivity (Wildman–Crippen MR) is 95.1 cm³/mol. The molecule has 0 fully saturated rings. The Morgan fingerprint density at radius 3 is 1.29 bits per heavy atom. The zero-order valence-electron chi connectivity index (χ0n) is 16.3. The van der Waals surface area contributed by atoms with Gasteiger partial charge in [0.15, 0.2) is 0 Å². The van der Waals surface area contributed by atoms with Gasteiger partial charge in [-0.05, 0) is 47.2 Å². The van der Waals surface area contributed by atoms with Crippen molar-refractivity contribution in [3.8, 4) is 16.9 Å². The summed E-state index contributed by atoms with van der Waals surface area (Å²) in [6.07, 6.45) is -7.43. The van der Waals surface area contributed by atoms with Crippen LogP contribution in [0.25, 0.3) is 11.1 Å². The highest BCUT2D eigenvalue weighted by atomic mass is 32.2. The first-order valence-corrected chi connectivity index (χ1v) is 9.44. The Kier molecular flexibility index (Phi) is 7.16. The van der Waals surface area contributed by atoms with Gasteiger partial charge >= 0.3 is 35.1 Å². The van der Waals surface area contributed by atoms with Crippen LogP contribution in [-0.2, 0) is 0 Å². The molecule has 0 aromatic heterocycles. The van der Waals surface area contributed by atoms with E-state index in [0.29, 0.717) is 29.0 Å². The van der Waals surface area contributed by atoms with Crippen molar-refractivity contribution in [2.75, 3.05) is 7.11 Å². The second kappa shape index (κ2) is 8.72.